The van der Waals surface area contributed by atoms with Gasteiger partial charge in [0.1, 0.15) is 22.8 Å². The van der Waals surface area contributed by atoms with E-state index < -0.39 is 0 Å². The van der Waals surface area contributed by atoms with Gasteiger partial charge >= 0.3 is 0 Å². The molecule has 7 nitrogen and oxygen atoms in total. The maximum Gasteiger partial charge on any atom is 0.254 e. The minimum atomic E-state index is 0.363. The molecular formula is C7H4ClN7S. The Kier molecular flexibility index (Phi) is 2.22. The van der Waals surface area contributed by atoms with Gasteiger partial charge in [-0.15, -0.1) is 0 Å². The number of H-pyrrole nitrogens is 1. The molecule has 0 atom stereocenters. The maximum atomic E-state index is 5.87. The highest BCUT2D eigenvalue weighted by Gasteiger charge is 2.09. The van der Waals surface area contributed by atoms with Crippen LogP contribution in [0.2, 0.25) is 5.15 Å². The molecule has 1 N–H and O–H groups in total. The summed E-state index contributed by atoms with van der Waals surface area (Å²) in [6.45, 7) is 0. The standard InChI is InChI=1S/C7H4ClN7S/c8-4-1-5(16-7-10-2-11-14-7)15-6(13-4)9-3-12-15/h1-3H,(H,10,11,14). The number of fused-ring (bicyclic) bond motifs is 1. The van der Waals surface area contributed by atoms with E-state index in [1.807, 2.05) is 0 Å². The first kappa shape index (κ1) is 9.55. The van der Waals surface area contributed by atoms with E-state index >= 15 is 0 Å². The zero-order valence-corrected chi connectivity index (χ0v) is 9.27. The number of aromatic nitrogens is 7. The zero-order valence-electron chi connectivity index (χ0n) is 7.70. The highest BCUT2D eigenvalue weighted by Crippen LogP contribution is 2.25. The fourth-order valence-corrected chi connectivity index (χ4v) is 2.20. The average Bonchev–Trinajstić information content (AvgIpc) is 2.87. The molecule has 16 heavy (non-hydrogen) atoms. The van der Waals surface area contributed by atoms with Crippen molar-refractivity contribution in [2.45, 2.75) is 10.2 Å². The highest BCUT2D eigenvalue weighted by molar-refractivity contribution is 7.99. The summed E-state index contributed by atoms with van der Waals surface area (Å²) in [7, 11) is 0. The van der Waals surface area contributed by atoms with Crippen LogP contribution >= 0.6 is 23.4 Å². The largest absolute Gasteiger partial charge is 0.254 e. The van der Waals surface area contributed by atoms with Crippen LogP contribution in [0.3, 0.4) is 0 Å². The highest BCUT2D eigenvalue weighted by atomic mass is 35.5. The Hall–Kier alpha value is -1.67. The molecule has 0 aliphatic carbocycles. The van der Waals surface area contributed by atoms with Gasteiger partial charge in [0.15, 0.2) is 5.16 Å². The Morgan fingerprint density at radius 3 is 3.06 bits per heavy atom. The molecule has 80 valence electrons. The van der Waals surface area contributed by atoms with Crippen LogP contribution in [0, 0.1) is 0 Å². The van der Waals surface area contributed by atoms with Crippen molar-refractivity contribution in [1.82, 2.24) is 34.8 Å². The molecule has 0 bridgehead atoms. The number of nitrogens with zero attached hydrogens (tertiary/aromatic N) is 6. The first-order valence-corrected chi connectivity index (χ1v) is 5.42. The van der Waals surface area contributed by atoms with Gasteiger partial charge in [-0.05, 0) is 11.8 Å². The summed E-state index contributed by atoms with van der Waals surface area (Å²) >= 11 is 7.22. The third-order valence-electron chi connectivity index (χ3n) is 1.78. The Morgan fingerprint density at radius 1 is 1.31 bits per heavy atom. The second-order valence-electron chi connectivity index (χ2n) is 2.78. The number of hydrogen-bond donors (Lipinski definition) is 1. The molecule has 3 aromatic rings. The Bertz CT molecular complexity index is 619. The molecule has 0 radical (unpaired) electrons. The van der Waals surface area contributed by atoms with Crippen molar-refractivity contribution in [2.24, 2.45) is 0 Å². The van der Waals surface area contributed by atoms with Gasteiger partial charge in [0.2, 0.25) is 0 Å². The summed E-state index contributed by atoms with van der Waals surface area (Å²) in [5.74, 6) is 0.453. The zero-order chi connectivity index (χ0) is 11.0. The topological polar surface area (TPSA) is 84.7 Å². The maximum absolute atomic E-state index is 5.87. The fraction of sp³-hybridized carbons (Fsp3) is 0. The van der Waals surface area contributed by atoms with Crippen molar-refractivity contribution in [1.29, 1.82) is 0 Å². The molecular weight excluding hydrogens is 250 g/mol. The number of rotatable bonds is 2. The van der Waals surface area contributed by atoms with Gasteiger partial charge in [-0.3, -0.25) is 5.10 Å². The summed E-state index contributed by atoms with van der Waals surface area (Å²) in [6, 6.07) is 1.69. The van der Waals surface area contributed by atoms with E-state index in [1.165, 1.54) is 24.4 Å². The summed E-state index contributed by atoms with van der Waals surface area (Å²) in [6.07, 6.45) is 2.85. The lowest BCUT2D eigenvalue weighted by Crippen LogP contribution is -1.95. The lowest BCUT2D eigenvalue weighted by Gasteiger charge is -2.00. The van der Waals surface area contributed by atoms with Crippen molar-refractivity contribution in [2.75, 3.05) is 0 Å². The van der Waals surface area contributed by atoms with Crippen LogP contribution < -0.4 is 0 Å². The number of hydrogen-bond acceptors (Lipinski definition) is 6. The van der Waals surface area contributed by atoms with Crippen molar-refractivity contribution in [3.8, 4) is 0 Å². The SMILES string of the molecule is Clc1cc(Sc2ncn[nH]2)n2ncnc2n1. The molecule has 0 saturated heterocycles. The van der Waals surface area contributed by atoms with E-state index in [0.717, 1.165) is 5.03 Å². The van der Waals surface area contributed by atoms with Crippen molar-refractivity contribution < 1.29 is 0 Å². The van der Waals surface area contributed by atoms with Gasteiger partial charge in [-0.25, -0.2) is 4.98 Å². The average molecular weight is 254 g/mol. The molecule has 0 aliphatic rings. The minimum absolute atomic E-state index is 0.363. The van der Waals surface area contributed by atoms with Crippen molar-refractivity contribution in [3.63, 3.8) is 0 Å². The second kappa shape index (κ2) is 3.72. The van der Waals surface area contributed by atoms with E-state index in [0.29, 0.717) is 16.1 Å². The van der Waals surface area contributed by atoms with Crippen LogP contribution in [0.4, 0.5) is 0 Å². The van der Waals surface area contributed by atoms with E-state index in [-0.39, 0.29) is 0 Å². The van der Waals surface area contributed by atoms with Gasteiger partial charge in [0.05, 0.1) is 0 Å². The first-order chi connectivity index (χ1) is 7.83. The van der Waals surface area contributed by atoms with Crippen LogP contribution in [0.1, 0.15) is 0 Å². The first-order valence-electron chi connectivity index (χ1n) is 4.22. The molecule has 0 aromatic carbocycles. The normalized spacial score (nSPS) is 11.1. The molecule has 0 amide bonds. The molecule has 0 fully saturated rings. The van der Waals surface area contributed by atoms with Gasteiger partial charge in [-0.1, -0.05) is 11.6 Å². The summed E-state index contributed by atoms with van der Waals surface area (Å²) in [5.41, 5.74) is 0. The molecule has 0 unspecified atom stereocenters. The fourth-order valence-electron chi connectivity index (χ4n) is 1.17. The van der Waals surface area contributed by atoms with Gasteiger partial charge in [0.25, 0.3) is 5.78 Å². The van der Waals surface area contributed by atoms with E-state index in [4.69, 9.17) is 11.6 Å². The minimum Gasteiger partial charge on any atom is -0.254 e. The molecule has 3 heterocycles. The van der Waals surface area contributed by atoms with E-state index in [2.05, 4.69) is 30.2 Å². The van der Waals surface area contributed by atoms with Crippen molar-refractivity contribution >= 4 is 29.1 Å². The summed E-state index contributed by atoms with van der Waals surface area (Å²) in [5, 5.41) is 12.3. The second-order valence-corrected chi connectivity index (χ2v) is 4.18. The molecule has 3 aromatic heterocycles. The Balaban J connectivity index is 2.11. The van der Waals surface area contributed by atoms with Crippen LogP contribution in [0.15, 0.2) is 28.9 Å². The monoisotopic (exact) mass is 253 g/mol. The predicted octanol–water partition coefficient (Wildman–Crippen LogP) is 1.05. The summed E-state index contributed by atoms with van der Waals surface area (Å²) < 4.78 is 1.58. The third kappa shape index (κ3) is 1.61. The third-order valence-corrected chi connectivity index (χ3v) is 2.87. The van der Waals surface area contributed by atoms with Crippen LogP contribution in [0.5, 0.6) is 0 Å². The molecule has 0 aliphatic heterocycles. The van der Waals surface area contributed by atoms with E-state index in [9.17, 15) is 0 Å². The number of aromatic amines is 1. The van der Waals surface area contributed by atoms with Crippen LogP contribution in [0.25, 0.3) is 5.78 Å². The van der Waals surface area contributed by atoms with Gasteiger partial charge < -0.3 is 0 Å². The van der Waals surface area contributed by atoms with Crippen LogP contribution in [-0.4, -0.2) is 34.8 Å². The Labute approximate surface area is 98.3 Å². The van der Waals surface area contributed by atoms with Crippen molar-refractivity contribution in [3.05, 3.63) is 23.9 Å². The lowest BCUT2D eigenvalue weighted by molar-refractivity contribution is 0.837. The quantitative estimate of drug-likeness (QED) is 0.687. The molecule has 0 saturated carbocycles. The predicted molar refractivity (Wildman–Crippen MR) is 56.3 cm³/mol. The van der Waals surface area contributed by atoms with Gasteiger partial charge in [-0.2, -0.15) is 24.7 Å². The summed E-state index contributed by atoms with van der Waals surface area (Å²) in [4.78, 5) is 12.0. The number of halogens is 1. The van der Waals surface area contributed by atoms with Gasteiger partial charge in [0, 0.05) is 6.07 Å². The lowest BCUT2D eigenvalue weighted by atomic mass is 10.7. The van der Waals surface area contributed by atoms with Crippen LogP contribution in [-0.2, 0) is 0 Å². The van der Waals surface area contributed by atoms with E-state index in [1.54, 1.807) is 10.6 Å². The smallest absolute Gasteiger partial charge is 0.254 e. The Morgan fingerprint density at radius 2 is 2.25 bits per heavy atom. The number of nitrogens with one attached hydrogen (secondary N) is 1. The molecule has 3 rings (SSSR count). The molecule has 0 spiro atoms. The molecule has 9 heteroatoms.